The molecule has 0 bridgehead atoms. The number of carbonyl (C=O) groups excluding carboxylic acids is 2. The van der Waals surface area contributed by atoms with Crippen molar-refractivity contribution in [1.82, 2.24) is 14.8 Å². The van der Waals surface area contributed by atoms with Crippen molar-refractivity contribution in [3.8, 4) is 5.75 Å². The van der Waals surface area contributed by atoms with Crippen LogP contribution in [0.5, 0.6) is 5.75 Å². The molecule has 0 unspecified atom stereocenters. The first-order chi connectivity index (χ1) is 18.5. The smallest absolute Gasteiger partial charge is 0.309 e. The van der Waals surface area contributed by atoms with E-state index in [9.17, 15) is 9.59 Å². The number of benzene rings is 2. The van der Waals surface area contributed by atoms with Gasteiger partial charge in [0.2, 0.25) is 5.89 Å². The van der Waals surface area contributed by atoms with Gasteiger partial charge in [0.1, 0.15) is 12.0 Å². The van der Waals surface area contributed by atoms with Crippen LogP contribution in [0.15, 0.2) is 65.3 Å². The first-order valence-electron chi connectivity index (χ1n) is 13.4. The van der Waals surface area contributed by atoms with Crippen LogP contribution in [-0.2, 0) is 22.6 Å². The van der Waals surface area contributed by atoms with E-state index in [0.717, 1.165) is 11.3 Å². The van der Waals surface area contributed by atoms with Gasteiger partial charge in [0.05, 0.1) is 25.7 Å². The van der Waals surface area contributed by atoms with Crippen molar-refractivity contribution in [3.63, 3.8) is 0 Å². The molecule has 202 valence electrons. The van der Waals surface area contributed by atoms with Crippen molar-refractivity contribution >= 4 is 11.9 Å². The molecule has 2 aromatic carbocycles. The van der Waals surface area contributed by atoms with Crippen LogP contribution < -0.4 is 4.74 Å². The van der Waals surface area contributed by atoms with Gasteiger partial charge in [-0.1, -0.05) is 42.5 Å². The fourth-order valence-electron chi connectivity index (χ4n) is 4.76. The van der Waals surface area contributed by atoms with E-state index in [1.165, 1.54) is 11.8 Å². The summed E-state index contributed by atoms with van der Waals surface area (Å²) in [4.78, 5) is 33.7. The van der Waals surface area contributed by atoms with Crippen LogP contribution in [0, 0.1) is 5.92 Å². The summed E-state index contributed by atoms with van der Waals surface area (Å²) in [7, 11) is 0. The highest BCUT2D eigenvalue weighted by Crippen LogP contribution is 2.26. The summed E-state index contributed by atoms with van der Waals surface area (Å²) in [5, 5.41) is 0. The average Bonchev–Trinajstić information content (AvgIpc) is 3.42. The lowest BCUT2D eigenvalue weighted by Gasteiger charge is -2.30. The minimum absolute atomic E-state index is 0.0933. The Balaban J connectivity index is 1.44. The average molecular weight is 520 g/mol. The number of piperidine rings is 1. The standard InChI is InChI=1S/C30H37N3O5/c1-4-36-26-13-11-23(12-14-26)19-33(22(3)24-9-7-6-8-10-24)20-28-31-27(21-38-28)29(34)32-17-15-25(16-18-32)30(35)37-5-2/h6-14,21-22,25H,4-5,15-20H2,1-3H3/t22-/m0/s1. The third kappa shape index (κ3) is 7.01. The fraction of sp³-hybridized carbons (Fsp3) is 0.433. The van der Waals surface area contributed by atoms with Crippen LogP contribution in [0.2, 0.25) is 0 Å². The highest BCUT2D eigenvalue weighted by Gasteiger charge is 2.30. The summed E-state index contributed by atoms with van der Waals surface area (Å²) in [6.45, 7) is 9.06. The first-order valence-corrected chi connectivity index (χ1v) is 13.4. The van der Waals surface area contributed by atoms with E-state index < -0.39 is 0 Å². The SMILES string of the molecule is CCOC(=O)C1CCN(C(=O)c2coc(CN(Cc3ccc(OCC)cc3)[C@@H](C)c3ccccc3)n2)CC1. The Hall–Kier alpha value is -3.65. The van der Waals surface area contributed by atoms with Gasteiger partial charge in [-0.3, -0.25) is 14.5 Å². The number of nitrogens with zero attached hydrogens (tertiary/aromatic N) is 3. The molecule has 8 nitrogen and oxygen atoms in total. The van der Waals surface area contributed by atoms with E-state index in [1.807, 2.05) is 37.3 Å². The Morgan fingerprint density at radius 3 is 2.39 bits per heavy atom. The van der Waals surface area contributed by atoms with Gasteiger partial charge in [-0.05, 0) is 56.9 Å². The van der Waals surface area contributed by atoms with Gasteiger partial charge in [0.15, 0.2) is 5.69 Å². The minimum Gasteiger partial charge on any atom is -0.494 e. The molecule has 1 aliphatic rings. The number of aromatic nitrogens is 1. The lowest BCUT2D eigenvalue weighted by molar-refractivity contribution is -0.149. The Bertz CT molecular complexity index is 1170. The number of ether oxygens (including phenoxy) is 2. The normalized spacial score (nSPS) is 14.9. The maximum Gasteiger partial charge on any atom is 0.309 e. The number of carbonyl (C=O) groups is 2. The van der Waals surface area contributed by atoms with E-state index in [-0.39, 0.29) is 23.8 Å². The summed E-state index contributed by atoms with van der Waals surface area (Å²) in [6, 6.07) is 18.5. The Kier molecular flexibility index (Phi) is 9.54. The predicted molar refractivity (Wildman–Crippen MR) is 143 cm³/mol. The minimum atomic E-state index is -0.177. The molecule has 8 heteroatoms. The highest BCUT2D eigenvalue weighted by molar-refractivity contribution is 5.92. The van der Waals surface area contributed by atoms with Crippen molar-refractivity contribution in [2.45, 2.75) is 52.7 Å². The first kappa shape index (κ1) is 27.4. The number of rotatable bonds is 11. The maximum absolute atomic E-state index is 13.1. The topological polar surface area (TPSA) is 85.1 Å². The molecule has 0 saturated carbocycles. The van der Waals surface area contributed by atoms with Crippen LogP contribution in [-0.4, -0.2) is 53.0 Å². The molecular formula is C30H37N3O5. The second-order valence-electron chi connectivity index (χ2n) is 9.51. The molecule has 0 spiro atoms. The molecule has 1 atom stereocenters. The van der Waals surface area contributed by atoms with Crippen molar-refractivity contribution in [2.75, 3.05) is 26.3 Å². The van der Waals surface area contributed by atoms with E-state index in [0.29, 0.717) is 63.8 Å². The van der Waals surface area contributed by atoms with Crippen LogP contribution in [0.25, 0.3) is 0 Å². The van der Waals surface area contributed by atoms with Gasteiger partial charge in [-0.2, -0.15) is 0 Å². The molecule has 1 amide bonds. The van der Waals surface area contributed by atoms with Crippen molar-refractivity contribution < 1.29 is 23.5 Å². The number of amides is 1. The zero-order valence-electron chi connectivity index (χ0n) is 22.5. The zero-order chi connectivity index (χ0) is 26.9. The molecule has 1 fully saturated rings. The Labute approximate surface area is 224 Å². The number of hydrogen-bond donors (Lipinski definition) is 0. The summed E-state index contributed by atoms with van der Waals surface area (Å²) < 4.78 is 16.5. The van der Waals surface area contributed by atoms with Gasteiger partial charge in [0.25, 0.3) is 5.91 Å². The lowest BCUT2D eigenvalue weighted by atomic mass is 9.97. The summed E-state index contributed by atoms with van der Waals surface area (Å²) in [5.74, 6) is 0.840. The number of oxazole rings is 1. The monoisotopic (exact) mass is 519 g/mol. The van der Waals surface area contributed by atoms with Crippen LogP contribution in [0.1, 0.15) is 67.2 Å². The quantitative estimate of drug-likeness (QED) is 0.320. The summed E-state index contributed by atoms with van der Waals surface area (Å²) in [6.07, 6.45) is 2.64. The molecule has 0 radical (unpaired) electrons. The number of esters is 1. The second-order valence-corrected chi connectivity index (χ2v) is 9.51. The zero-order valence-corrected chi connectivity index (χ0v) is 22.5. The van der Waals surface area contributed by atoms with Crippen molar-refractivity contribution in [3.05, 3.63) is 83.6 Å². The van der Waals surface area contributed by atoms with Crippen LogP contribution in [0.3, 0.4) is 0 Å². The molecule has 1 saturated heterocycles. The molecule has 4 rings (SSSR count). The molecular weight excluding hydrogens is 482 g/mol. The second kappa shape index (κ2) is 13.2. The highest BCUT2D eigenvalue weighted by atomic mass is 16.5. The van der Waals surface area contributed by atoms with Crippen LogP contribution in [0.4, 0.5) is 0 Å². The molecule has 0 N–H and O–H groups in total. The van der Waals surface area contributed by atoms with E-state index in [1.54, 1.807) is 11.8 Å². The number of hydrogen-bond acceptors (Lipinski definition) is 7. The Morgan fingerprint density at radius 2 is 1.74 bits per heavy atom. The van der Waals surface area contributed by atoms with Gasteiger partial charge in [-0.15, -0.1) is 0 Å². The van der Waals surface area contributed by atoms with E-state index in [4.69, 9.17) is 13.9 Å². The summed E-state index contributed by atoms with van der Waals surface area (Å²) >= 11 is 0. The number of likely N-dealkylation sites (tertiary alicyclic amines) is 1. The molecule has 1 aliphatic heterocycles. The summed E-state index contributed by atoms with van der Waals surface area (Å²) in [5.41, 5.74) is 2.62. The molecule has 38 heavy (non-hydrogen) atoms. The molecule has 0 aliphatic carbocycles. The van der Waals surface area contributed by atoms with Crippen LogP contribution >= 0.6 is 0 Å². The third-order valence-corrected chi connectivity index (χ3v) is 6.96. The van der Waals surface area contributed by atoms with E-state index in [2.05, 4.69) is 41.1 Å². The van der Waals surface area contributed by atoms with Gasteiger partial charge in [0, 0.05) is 25.7 Å². The molecule has 1 aromatic heterocycles. The van der Waals surface area contributed by atoms with Gasteiger partial charge in [-0.25, -0.2) is 4.98 Å². The van der Waals surface area contributed by atoms with Gasteiger partial charge >= 0.3 is 5.97 Å². The molecule has 2 heterocycles. The van der Waals surface area contributed by atoms with Crippen molar-refractivity contribution in [1.29, 1.82) is 0 Å². The third-order valence-electron chi connectivity index (χ3n) is 6.96. The largest absolute Gasteiger partial charge is 0.494 e. The Morgan fingerprint density at radius 1 is 1.03 bits per heavy atom. The molecule has 3 aromatic rings. The van der Waals surface area contributed by atoms with E-state index >= 15 is 0 Å². The van der Waals surface area contributed by atoms with Gasteiger partial charge < -0.3 is 18.8 Å². The lowest BCUT2D eigenvalue weighted by Crippen LogP contribution is -2.40. The van der Waals surface area contributed by atoms with Crippen molar-refractivity contribution in [2.24, 2.45) is 5.92 Å². The fourth-order valence-corrected chi connectivity index (χ4v) is 4.76. The predicted octanol–water partition coefficient (Wildman–Crippen LogP) is 5.25. The maximum atomic E-state index is 13.1.